The van der Waals surface area contributed by atoms with Crippen molar-refractivity contribution in [1.82, 2.24) is 0 Å². The van der Waals surface area contributed by atoms with E-state index in [0.29, 0.717) is 12.2 Å². The summed E-state index contributed by atoms with van der Waals surface area (Å²) < 4.78 is 10.6. The molecular weight excluding hydrogens is 260 g/mol. The van der Waals surface area contributed by atoms with Crippen LogP contribution in [-0.2, 0) is 9.47 Å². The Morgan fingerprint density at radius 2 is 2.05 bits per heavy atom. The highest BCUT2D eigenvalue weighted by Crippen LogP contribution is 2.11. The number of carbonyl (C=O) groups excluding carboxylic acids is 1. The van der Waals surface area contributed by atoms with Gasteiger partial charge in [0.15, 0.2) is 0 Å². The van der Waals surface area contributed by atoms with Crippen molar-refractivity contribution in [2.45, 2.75) is 25.9 Å². The fraction of sp³-hybridized carbons (Fsp3) is 0.533. The molecule has 4 heteroatoms. The van der Waals surface area contributed by atoms with E-state index >= 15 is 0 Å². The second kappa shape index (κ2) is 9.87. The Kier molecular flexibility index (Phi) is 8.34. The Morgan fingerprint density at radius 3 is 2.68 bits per heavy atom. The summed E-state index contributed by atoms with van der Waals surface area (Å²) >= 11 is 1.81. The molecule has 0 aliphatic carbocycles. The summed E-state index contributed by atoms with van der Waals surface area (Å²) in [5.74, 6) is 1.60. The zero-order valence-corrected chi connectivity index (χ0v) is 12.4. The quantitative estimate of drug-likeness (QED) is 0.514. The molecule has 19 heavy (non-hydrogen) atoms. The van der Waals surface area contributed by atoms with E-state index in [9.17, 15) is 4.79 Å². The maximum atomic E-state index is 11.9. The van der Waals surface area contributed by atoms with Gasteiger partial charge in [0.1, 0.15) is 6.10 Å². The van der Waals surface area contributed by atoms with Crippen molar-refractivity contribution in [2.75, 3.05) is 25.2 Å². The molecule has 0 aliphatic heterocycles. The molecule has 1 unspecified atom stereocenters. The van der Waals surface area contributed by atoms with Gasteiger partial charge in [-0.2, -0.15) is 11.8 Å². The van der Waals surface area contributed by atoms with E-state index in [-0.39, 0.29) is 12.1 Å². The van der Waals surface area contributed by atoms with Crippen LogP contribution in [0.2, 0.25) is 0 Å². The molecule has 3 nitrogen and oxygen atoms in total. The fourth-order valence-corrected chi connectivity index (χ4v) is 2.64. The molecule has 0 heterocycles. The van der Waals surface area contributed by atoms with E-state index in [2.05, 4.69) is 6.92 Å². The fourth-order valence-electron chi connectivity index (χ4n) is 1.56. The standard InChI is InChI=1S/C15H22O3S/c1-3-4-10-19-12-14(11-17-2)18-15(16)13-8-6-5-7-9-13/h5-9,14H,3-4,10-12H2,1-2H3. The molecule has 0 saturated heterocycles. The molecule has 0 saturated carbocycles. The van der Waals surface area contributed by atoms with Crippen molar-refractivity contribution in [3.05, 3.63) is 35.9 Å². The van der Waals surface area contributed by atoms with Gasteiger partial charge < -0.3 is 9.47 Å². The van der Waals surface area contributed by atoms with E-state index in [1.807, 2.05) is 18.2 Å². The summed E-state index contributed by atoms with van der Waals surface area (Å²) in [4.78, 5) is 11.9. The number of esters is 1. The minimum atomic E-state index is -0.279. The number of unbranched alkanes of at least 4 members (excludes halogenated alkanes) is 1. The van der Waals surface area contributed by atoms with Crippen molar-refractivity contribution in [1.29, 1.82) is 0 Å². The average Bonchev–Trinajstić information content (AvgIpc) is 2.44. The first-order valence-corrected chi connectivity index (χ1v) is 7.76. The lowest BCUT2D eigenvalue weighted by atomic mass is 10.2. The molecule has 1 aromatic carbocycles. The first-order chi connectivity index (χ1) is 9.27. The maximum absolute atomic E-state index is 11.9. The molecule has 0 aromatic heterocycles. The maximum Gasteiger partial charge on any atom is 0.338 e. The van der Waals surface area contributed by atoms with Gasteiger partial charge in [-0.25, -0.2) is 4.79 Å². The first kappa shape index (κ1) is 16.1. The zero-order chi connectivity index (χ0) is 13.9. The molecule has 0 N–H and O–H groups in total. The summed E-state index contributed by atoms with van der Waals surface area (Å²) in [6.45, 7) is 2.61. The van der Waals surface area contributed by atoms with Crippen LogP contribution in [0, 0.1) is 0 Å². The third-order valence-corrected chi connectivity index (χ3v) is 3.77. The molecule has 0 fully saturated rings. The van der Waals surface area contributed by atoms with Gasteiger partial charge in [0, 0.05) is 12.9 Å². The largest absolute Gasteiger partial charge is 0.455 e. The van der Waals surface area contributed by atoms with Gasteiger partial charge in [-0.15, -0.1) is 0 Å². The van der Waals surface area contributed by atoms with Crippen molar-refractivity contribution in [2.24, 2.45) is 0 Å². The first-order valence-electron chi connectivity index (χ1n) is 6.60. The molecule has 0 aliphatic rings. The van der Waals surface area contributed by atoms with Crippen molar-refractivity contribution in [3.63, 3.8) is 0 Å². The Balaban J connectivity index is 2.41. The van der Waals surface area contributed by atoms with Crippen LogP contribution in [0.1, 0.15) is 30.1 Å². The predicted octanol–water partition coefficient (Wildman–Crippen LogP) is 3.39. The Labute approximate surface area is 119 Å². The Hall–Kier alpha value is -1.00. The minimum absolute atomic E-state index is 0.181. The summed E-state index contributed by atoms with van der Waals surface area (Å²) in [6, 6.07) is 9.06. The number of rotatable bonds is 9. The molecule has 1 rings (SSSR count). The van der Waals surface area contributed by atoms with Crippen molar-refractivity contribution in [3.8, 4) is 0 Å². The molecule has 0 spiro atoms. The lowest BCUT2D eigenvalue weighted by Crippen LogP contribution is -2.25. The van der Waals surface area contributed by atoms with Crippen LogP contribution in [0.4, 0.5) is 0 Å². The van der Waals surface area contributed by atoms with Gasteiger partial charge in [0.25, 0.3) is 0 Å². The number of thioether (sulfide) groups is 1. The number of ether oxygens (including phenoxy) is 2. The van der Waals surface area contributed by atoms with Gasteiger partial charge in [-0.1, -0.05) is 31.5 Å². The third-order valence-electron chi connectivity index (χ3n) is 2.58. The number of carbonyl (C=O) groups is 1. The Bertz CT molecular complexity index is 354. The molecule has 1 aromatic rings. The van der Waals surface area contributed by atoms with Crippen LogP contribution >= 0.6 is 11.8 Å². The average molecular weight is 282 g/mol. The molecule has 0 radical (unpaired) electrons. The number of benzene rings is 1. The van der Waals surface area contributed by atoms with Crippen molar-refractivity contribution < 1.29 is 14.3 Å². The molecule has 0 bridgehead atoms. The summed E-state index contributed by atoms with van der Waals surface area (Å²) in [5, 5.41) is 0. The highest BCUT2D eigenvalue weighted by Gasteiger charge is 2.15. The van der Waals surface area contributed by atoms with E-state index in [1.54, 1.807) is 31.0 Å². The van der Waals surface area contributed by atoms with Crippen LogP contribution in [0.3, 0.4) is 0 Å². The van der Waals surface area contributed by atoms with Crippen molar-refractivity contribution >= 4 is 17.7 Å². The summed E-state index contributed by atoms with van der Waals surface area (Å²) in [7, 11) is 1.63. The molecular formula is C15H22O3S. The van der Waals surface area contributed by atoms with E-state index in [1.165, 1.54) is 12.8 Å². The monoisotopic (exact) mass is 282 g/mol. The predicted molar refractivity (Wildman–Crippen MR) is 79.8 cm³/mol. The lowest BCUT2D eigenvalue weighted by Gasteiger charge is -2.16. The molecule has 106 valence electrons. The SMILES string of the molecule is CCCCSCC(COC)OC(=O)c1ccccc1. The zero-order valence-electron chi connectivity index (χ0n) is 11.6. The molecule has 0 amide bonds. The van der Waals surface area contributed by atoms with Crippen LogP contribution in [0.15, 0.2) is 30.3 Å². The van der Waals surface area contributed by atoms with E-state index in [4.69, 9.17) is 9.47 Å². The smallest absolute Gasteiger partial charge is 0.338 e. The highest BCUT2D eigenvalue weighted by molar-refractivity contribution is 7.99. The Morgan fingerprint density at radius 1 is 1.32 bits per heavy atom. The second-order valence-corrected chi connectivity index (χ2v) is 5.43. The van der Waals surface area contributed by atoms with E-state index in [0.717, 1.165) is 11.5 Å². The second-order valence-electron chi connectivity index (χ2n) is 4.28. The van der Waals surface area contributed by atoms with E-state index < -0.39 is 0 Å². The summed E-state index contributed by atoms with van der Waals surface area (Å²) in [5.41, 5.74) is 0.585. The van der Waals surface area contributed by atoms with Gasteiger partial charge in [0.05, 0.1) is 12.2 Å². The number of methoxy groups -OCH3 is 1. The highest BCUT2D eigenvalue weighted by atomic mass is 32.2. The van der Waals surface area contributed by atoms with Gasteiger partial charge in [0.2, 0.25) is 0 Å². The third kappa shape index (κ3) is 6.64. The van der Waals surface area contributed by atoms with Gasteiger partial charge in [-0.3, -0.25) is 0 Å². The van der Waals surface area contributed by atoms with Gasteiger partial charge >= 0.3 is 5.97 Å². The van der Waals surface area contributed by atoms with Crippen LogP contribution in [0.5, 0.6) is 0 Å². The van der Waals surface area contributed by atoms with Gasteiger partial charge in [-0.05, 0) is 24.3 Å². The topological polar surface area (TPSA) is 35.5 Å². The normalized spacial score (nSPS) is 12.1. The molecule has 1 atom stereocenters. The van der Waals surface area contributed by atoms with Crippen LogP contribution in [-0.4, -0.2) is 37.3 Å². The number of hydrogen-bond donors (Lipinski definition) is 0. The van der Waals surface area contributed by atoms with Crippen LogP contribution < -0.4 is 0 Å². The van der Waals surface area contributed by atoms with Crippen LogP contribution in [0.25, 0.3) is 0 Å². The number of hydrogen-bond acceptors (Lipinski definition) is 4. The summed E-state index contributed by atoms with van der Waals surface area (Å²) in [6.07, 6.45) is 2.20. The minimum Gasteiger partial charge on any atom is -0.455 e. The lowest BCUT2D eigenvalue weighted by molar-refractivity contribution is 0.0135.